The molecule has 0 amide bonds. The number of rotatable bonds is 4. The SMILES string of the molecule is Cc1cccc(-c2cc(-c3ccc(Cl)cc3)n(-c3ccc(S(C)(=O)=O)cc3)n2)c1. The van der Waals surface area contributed by atoms with E-state index >= 15 is 0 Å². The second-order valence-corrected chi connectivity index (χ2v) is 9.42. The lowest BCUT2D eigenvalue weighted by Gasteiger charge is -2.08. The van der Waals surface area contributed by atoms with E-state index in [2.05, 4.69) is 6.07 Å². The van der Waals surface area contributed by atoms with Crippen LogP contribution in [-0.4, -0.2) is 24.5 Å². The third kappa shape index (κ3) is 4.11. The molecule has 0 spiro atoms. The fraction of sp³-hybridized carbons (Fsp3) is 0.0870. The molecule has 0 atom stereocenters. The smallest absolute Gasteiger partial charge is 0.175 e. The van der Waals surface area contributed by atoms with Gasteiger partial charge in [-0.05, 0) is 55.5 Å². The van der Waals surface area contributed by atoms with E-state index in [4.69, 9.17) is 16.7 Å². The Morgan fingerprint density at radius 1 is 0.862 bits per heavy atom. The van der Waals surface area contributed by atoms with Crippen molar-refractivity contribution in [2.45, 2.75) is 11.8 Å². The van der Waals surface area contributed by atoms with Crippen LogP contribution < -0.4 is 0 Å². The second-order valence-electron chi connectivity index (χ2n) is 6.97. The van der Waals surface area contributed by atoms with Crippen LogP contribution in [0.5, 0.6) is 0 Å². The molecule has 0 radical (unpaired) electrons. The largest absolute Gasteiger partial charge is 0.232 e. The van der Waals surface area contributed by atoms with Crippen LogP contribution in [0, 0.1) is 6.92 Å². The van der Waals surface area contributed by atoms with E-state index in [9.17, 15) is 8.42 Å². The number of hydrogen-bond acceptors (Lipinski definition) is 3. The van der Waals surface area contributed by atoms with Crippen LogP contribution in [-0.2, 0) is 9.84 Å². The van der Waals surface area contributed by atoms with E-state index in [-0.39, 0.29) is 4.90 Å². The number of nitrogens with zero attached hydrogens (tertiary/aromatic N) is 2. The highest BCUT2D eigenvalue weighted by atomic mass is 35.5. The standard InChI is InChI=1S/C23H19ClN2O2S/c1-16-4-3-5-18(14-16)22-15-23(17-6-8-19(24)9-7-17)26(25-22)20-10-12-21(13-11-20)29(2,27)28/h3-15H,1-2H3. The van der Waals surface area contributed by atoms with E-state index in [1.807, 2.05) is 60.1 Å². The maximum atomic E-state index is 11.8. The number of aryl methyl sites for hydroxylation is 1. The maximum Gasteiger partial charge on any atom is 0.175 e. The van der Waals surface area contributed by atoms with E-state index in [0.29, 0.717) is 5.02 Å². The molecule has 1 aromatic heterocycles. The van der Waals surface area contributed by atoms with Crippen molar-refractivity contribution in [2.24, 2.45) is 0 Å². The zero-order chi connectivity index (χ0) is 20.6. The van der Waals surface area contributed by atoms with E-state index in [0.717, 1.165) is 33.8 Å². The molecule has 0 N–H and O–H groups in total. The van der Waals surface area contributed by atoms with Crippen LogP contribution in [0.2, 0.25) is 5.02 Å². The molecule has 4 rings (SSSR count). The molecule has 0 saturated heterocycles. The van der Waals surface area contributed by atoms with Gasteiger partial charge in [0.25, 0.3) is 0 Å². The van der Waals surface area contributed by atoms with Gasteiger partial charge in [-0.25, -0.2) is 13.1 Å². The molecule has 0 saturated carbocycles. The van der Waals surface area contributed by atoms with Gasteiger partial charge in [0.1, 0.15) is 0 Å². The number of aromatic nitrogens is 2. The van der Waals surface area contributed by atoms with Gasteiger partial charge >= 0.3 is 0 Å². The van der Waals surface area contributed by atoms with Crippen LogP contribution in [0.15, 0.2) is 83.8 Å². The number of sulfone groups is 1. The summed E-state index contributed by atoms with van der Waals surface area (Å²) < 4.78 is 25.4. The van der Waals surface area contributed by atoms with Crippen LogP contribution in [0.1, 0.15) is 5.56 Å². The zero-order valence-electron chi connectivity index (χ0n) is 16.0. The predicted octanol–water partition coefficient (Wildman–Crippen LogP) is 5.57. The molecule has 0 aliphatic rings. The van der Waals surface area contributed by atoms with E-state index in [1.54, 1.807) is 24.3 Å². The highest BCUT2D eigenvalue weighted by Crippen LogP contribution is 2.30. The highest BCUT2D eigenvalue weighted by Gasteiger charge is 2.14. The van der Waals surface area contributed by atoms with Gasteiger partial charge in [-0.2, -0.15) is 5.10 Å². The first-order valence-electron chi connectivity index (χ1n) is 9.05. The monoisotopic (exact) mass is 422 g/mol. The minimum atomic E-state index is -3.26. The molecule has 0 aliphatic carbocycles. The molecule has 1 heterocycles. The fourth-order valence-corrected chi connectivity index (χ4v) is 3.94. The van der Waals surface area contributed by atoms with Gasteiger partial charge in [0.2, 0.25) is 0 Å². The Balaban J connectivity index is 1.88. The first-order valence-corrected chi connectivity index (χ1v) is 11.3. The van der Waals surface area contributed by atoms with Gasteiger partial charge in [-0.15, -0.1) is 0 Å². The molecule has 4 aromatic rings. The maximum absolute atomic E-state index is 11.8. The van der Waals surface area contributed by atoms with Crippen molar-refractivity contribution >= 4 is 21.4 Å². The van der Waals surface area contributed by atoms with Crippen LogP contribution in [0.3, 0.4) is 0 Å². The van der Waals surface area contributed by atoms with Crippen LogP contribution >= 0.6 is 11.6 Å². The minimum absolute atomic E-state index is 0.278. The summed E-state index contributed by atoms with van der Waals surface area (Å²) in [7, 11) is -3.26. The molecule has 146 valence electrons. The second kappa shape index (κ2) is 7.50. The Labute approximate surface area is 175 Å². The summed E-state index contributed by atoms with van der Waals surface area (Å²) in [5.41, 5.74) is 5.65. The average molecular weight is 423 g/mol. The Hall–Kier alpha value is -2.89. The molecule has 3 aromatic carbocycles. The van der Waals surface area contributed by atoms with Crippen LogP contribution in [0.25, 0.3) is 28.2 Å². The molecule has 0 unspecified atom stereocenters. The third-order valence-electron chi connectivity index (χ3n) is 4.67. The number of hydrogen-bond donors (Lipinski definition) is 0. The molecule has 0 aliphatic heterocycles. The normalized spacial score (nSPS) is 11.6. The van der Waals surface area contributed by atoms with Gasteiger partial charge in [-0.1, -0.05) is 47.5 Å². The summed E-state index contributed by atoms with van der Waals surface area (Å²) in [5, 5.41) is 5.48. The molecule has 0 bridgehead atoms. The zero-order valence-corrected chi connectivity index (χ0v) is 17.6. The summed E-state index contributed by atoms with van der Waals surface area (Å²) in [6, 6.07) is 24.5. The Morgan fingerprint density at radius 3 is 2.17 bits per heavy atom. The number of benzene rings is 3. The Kier molecular flexibility index (Phi) is 5.03. The summed E-state index contributed by atoms with van der Waals surface area (Å²) in [4.78, 5) is 0.278. The van der Waals surface area contributed by atoms with E-state index in [1.165, 1.54) is 6.26 Å². The first kappa shape index (κ1) is 19.4. The van der Waals surface area contributed by atoms with Crippen molar-refractivity contribution in [3.05, 3.63) is 89.4 Å². The van der Waals surface area contributed by atoms with Gasteiger partial charge in [0, 0.05) is 22.4 Å². The van der Waals surface area contributed by atoms with Crippen molar-refractivity contribution in [1.29, 1.82) is 0 Å². The van der Waals surface area contributed by atoms with Crippen molar-refractivity contribution < 1.29 is 8.42 Å². The number of halogens is 1. The minimum Gasteiger partial charge on any atom is -0.232 e. The van der Waals surface area contributed by atoms with Crippen molar-refractivity contribution in [3.63, 3.8) is 0 Å². The molecule has 6 heteroatoms. The van der Waals surface area contributed by atoms with Crippen molar-refractivity contribution in [2.75, 3.05) is 6.26 Å². The lowest BCUT2D eigenvalue weighted by molar-refractivity contribution is 0.602. The molecular weight excluding hydrogens is 404 g/mol. The highest BCUT2D eigenvalue weighted by molar-refractivity contribution is 7.90. The van der Waals surface area contributed by atoms with Gasteiger partial charge in [0.15, 0.2) is 9.84 Å². The fourth-order valence-electron chi connectivity index (χ4n) is 3.18. The van der Waals surface area contributed by atoms with E-state index < -0.39 is 9.84 Å². The van der Waals surface area contributed by atoms with Gasteiger partial charge in [-0.3, -0.25) is 0 Å². The van der Waals surface area contributed by atoms with Gasteiger partial charge in [0.05, 0.1) is 22.0 Å². The molecular formula is C23H19ClN2O2S. The topological polar surface area (TPSA) is 52.0 Å². The molecule has 29 heavy (non-hydrogen) atoms. The van der Waals surface area contributed by atoms with Crippen molar-refractivity contribution in [3.8, 4) is 28.2 Å². The predicted molar refractivity (Wildman–Crippen MR) is 117 cm³/mol. The van der Waals surface area contributed by atoms with Crippen LogP contribution in [0.4, 0.5) is 0 Å². The Morgan fingerprint density at radius 2 is 1.55 bits per heavy atom. The lowest BCUT2D eigenvalue weighted by atomic mass is 10.1. The average Bonchev–Trinajstić information content (AvgIpc) is 3.13. The quantitative estimate of drug-likeness (QED) is 0.432. The molecule has 4 nitrogen and oxygen atoms in total. The lowest BCUT2D eigenvalue weighted by Crippen LogP contribution is -2.01. The van der Waals surface area contributed by atoms with Gasteiger partial charge < -0.3 is 0 Å². The third-order valence-corrected chi connectivity index (χ3v) is 6.05. The summed E-state index contributed by atoms with van der Waals surface area (Å²) >= 11 is 6.06. The summed E-state index contributed by atoms with van der Waals surface area (Å²) in [6.07, 6.45) is 1.20. The molecule has 0 fully saturated rings. The summed E-state index contributed by atoms with van der Waals surface area (Å²) in [6.45, 7) is 2.05. The Bertz CT molecular complexity index is 1280. The van der Waals surface area contributed by atoms with Crippen molar-refractivity contribution in [1.82, 2.24) is 9.78 Å². The first-order chi connectivity index (χ1) is 13.8. The summed E-state index contributed by atoms with van der Waals surface area (Å²) in [5.74, 6) is 0.